The van der Waals surface area contributed by atoms with Crippen molar-refractivity contribution >= 4 is 11.3 Å². The molecule has 2 heterocycles. The van der Waals surface area contributed by atoms with Crippen LogP contribution in [0.25, 0.3) is 0 Å². The first-order valence-electron chi connectivity index (χ1n) is 5.41. The molecular formula is C12H17N3S. The summed E-state index contributed by atoms with van der Waals surface area (Å²) < 4.78 is 2.07. The molecule has 0 spiro atoms. The Bertz CT molecular complexity index is 458. The highest BCUT2D eigenvalue weighted by Gasteiger charge is 2.07. The summed E-state index contributed by atoms with van der Waals surface area (Å²) >= 11 is 1.76. The largest absolute Gasteiger partial charge is 0.357 e. The highest BCUT2D eigenvalue weighted by atomic mass is 32.1. The molecule has 0 amide bonds. The molecule has 86 valence electrons. The smallest absolute Gasteiger partial charge is 0.0897 e. The van der Waals surface area contributed by atoms with Crippen molar-refractivity contribution < 1.29 is 0 Å². The molecule has 2 aromatic heterocycles. The minimum atomic E-state index is 0.367. The number of thiazole rings is 1. The molecule has 0 fully saturated rings. The van der Waals surface area contributed by atoms with Crippen LogP contribution in [0.4, 0.5) is 0 Å². The van der Waals surface area contributed by atoms with Gasteiger partial charge >= 0.3 is 0 Å². The molecule has 1 atom stereocenters. The van der Waals surface area contributed by atoms with Crippen LogP contribution in [0.3, 0.4) is 0 Å². The van der Waals surface area contributed by atoms with Crippen LogP contribution >= 0.6 is 11.3 Å². The number of aryl methyl sites for hydroxylation is 2. The first-order valence-corrected chi connectivity index (χ1v) is 6.23. The van der Waals surface area contributed by atoms with Gasteiger partial charge < -0.3 is 9.88 Å². The number of rotatable bonds is 4. The minimum absolute atomic E-state index is 0.367. The van der Waals surface area contributed by atoms with E-state index in [9.17, 15) is 0 Å². The summed E-state index contributed by atoms with van der Waals surface area (Å²) in [5.41, 5.74) is 1.32. The first kappa shape index (κ1) is 11.4. The highest BCUT2D eigenvalue weighted by molar-refractivity contribution is 7.11. The quantitative estimate of drug-likeness (QED) is 0.883. The molecule has 0 aromatic carbocycles. The van der Waals surface area contributed by atoms with Gasteiger partial charge in [0.05, 0.1) is 5.01 Å². The normalized spacial score (nSPS) is 12.9. The zero-order chi connectivity index (χ0) is 11.5. The number of hydrogen-bond acceptors (Lipinski definition) is 3. The molecule has 0 bridgehead atoms. The van der Waals surface area contributed by atoms with E-state index in [1.165, 1.54) is 10.4 Å². The third-order valence-electron chi connectivity index (χ3n) is 2.57. The van der Waals surface area contributed by atoms with Gasteiger partial charge in [-0.15, -0.1) is 11.3 Å². The second kappa shape index (κ2) is 4.80. The molecule has 2 aromatic rings. The van der Waals surface area contributed by atoms with E-state index < -0.39 is 0 Å². The maximum absolute atomic E-state index is 4.27. The predicted octanol–water partition coefficient (Wildman–Crippen LogP) is 2.64. The van der Waals surface area contributed by atoms with Crippen molar-refractivity contribution in [2.24, 2.45) is 7.05 Å². The van der Waals surface area contributed by atoms with Crippen LogP contribution in [0.1, 0.15) is 28.4 Å². The van der Waals surface area contributed by atoms with Gasteiger partial charge in [-0.25, -0.2) is 4.98 Å². The molecule has 0 aliphatic rings. The Hall–Kier alpha value is -1.13. The standard InChI is InChI=1S/C12H17N3S/c1-9(12-7-14-10(2)16-12)13-6-11-4-5-15(3)8-11/h4-5,7-9,13H,6H2,1-3H3. The van der Waals surface area contributed by atoms with Gasteiger partial charge in [-0.3, -0.25) is 0 Å². The fourth-order valence-corrected chi connectivity index (χ4v) is 2.43. The van der Waals surface area contributed by atoms with Gasteiger partial charge in [0.25, 0.3) is 0 Å². The lowest BCUT2D eigenvalue weighted by atomic mass is 10.2. The Morgan fingerprint density at radius 2 is 2.38 bits per heavy atom. The van der Waals surface area contributed by atoms with Gasteiger partial charge in [0, 0.05) is 43.1 Å². The number of nitrogens with zero attached hydrogens (tertiary/aromatic N) is 2. The topological polar surface area (TPSA) is 29.9 Å². The molecule has 2 rings (SSSR count). The monoisotopic (exact) mass is 235 g/mol. The summed E-state index contributed by atoms with van der Waals surface area (Å²) in [6, 6.07) is 2.50. The van der Waals surface area contributed by atoms with Crippen LogP contribution in [0.2, 0.25) is 0 Å². The second-order valence-corrected chi connectivity index (χ2v) is 5.34. The van der Waals surface area contributed by atoms with Crippen LogP contribution < -0.4 is 5.32 Å². The number of nitrogens with one attached hydrogen (secondary N) is 1. The lowest BCUT2D eigenvalue weighted by molar-refractivity contribution is 0.581. The van der Waals surface area contributed by atoms with Crippen molar-refractivity contribution in [2.75, 3.05) is 0 Å². The maximum atomic E-state index is 4.27. The van der Waals surface area contributed by atoms with Crippen LogP contribution in [0.15, 0.2) is 24.7 Å². The van der Waals surface area contributed by atoms with Gasteiger partial charge in [-0.2, -0.15) is 0 Å². The molecule has 16 heavy (non-hydrogen) atoms. The Balaban J connectivity index is 1.91. The van der Waals surface area contributed by atoms with Gasteiger partial charge in [-0.05, 0) is 25.5 Å². The van der Waals surface area contributed by atoms with E-state index in [4.69, 9.17) is 0 Å². The maximum Gasteiger partial charge on any atom is 0.0897 e. The van der Waals surface area contributed by atoms with E-state index in [0.29, 0.717) is 6.04 Å². The lowest BCUT2D eigenvalue weighted by Crippen LogP contribution is -2.16. The summed E-state index contributed by atoms with van der Waals surface area (Å²) in [6.45, 7) is 5.12. The van der Waals surface area contributed by atoms with E-state index in [2.05, 4.69) is 40.3 Å². The van der Waals surface area contributed by atoms with Gasteiger partial charge in [0.1, 0.15) is 0 Å². The van der Waals surface area contributed by atoms with E-state index in [1.807, 2.05) is 20.2 Å². The Morgan fingerprint density at radius 3 is 2.94 bits per heavy atom. The fourth-order valence-electron chi connectivity index (χ4n) is 1.62. The van der Waals surface area contributed by atoms with E-state index in [1.54, 1.807) is 11.3 Å². The third-order valence-corrected chi connectivity index (χ3v) is 3.67. The lowest BCUT2D eigenvalue weighted by Gasteiger charge is -2.10. The number of hydrogen-bond donors (Lipinski definition) is 1. The molecule has 1 unspecified atom stereocenters. The molecular weight excluding hydrogens is 218 g/mol. The van der Waals surface area contributed by atoms with Crippen molar-refractivity contribution in [1.82, 2.24) is 14.9 Å². The Labute approximate surface area is 100 Å². The van der Waals surface area contributed by atoms with Crippen molar-refractivity contribution in [2.45, 2.75) is 26.4 Å². The van der Waals surface area contributed by atoms with Crippen molar-refractivity contribution in [3.63, 3.8) is 0 Å². The zero-order valence-corrected chi connectivity index (χ0v) is 10.7. The molecule has 0 aliphatic carbocycles. The summed E-state index contributed by atoms with van der Waals surface area (Å²) in [6.07, 6.45) is 6.17. The second-order valence-electron chi connectivity index (χ2n) is 4.07. The molecule has 1 N–H and O–H groups in total. The molecule has 0 aliphatic heterocycles. The fraction of sp³-hybridized carbons (Fsp3) is 0.417. The van der Waals surface area contributed by atoms with E-state index in [0.717, 1.165) is 11.6 Å². The Morgan fingerprint density at radius 1 is 1.56 bits per heavy atom. The molecule has 0 saturated heterocycles. The summed E-state index contributed by atoms with van der Waals surface area (Å²) in [5, 5.41) is 4.63. The highest BCUT2D eigenvalue weighted by Crippen LogP contribution is 2.20. The van der Waals surface area contributed by atoms with Crippen LogP contribution in [0, 0.1) is 6.92 Å². The minimum Gasteiger partial charge on any atom is -0.357 e. The van der Waals surface area contributed by atoms with E-state index >= 15 is 0 Å². The average Bonchev–Trinajstić information content (AvgIpc) is 2.84. The average molecular weight is 235 g/mol. The summed E-state index contributed by atoms with van der Waals surface area (Å²) in [4.78, 5) is 5.57. The predicted molar refractivity (Wildman–Crippen MR) is 67.5 cm³/mol. The van der Waals surface area contributed by atoms with Crippen molar-refractivity contribution in [3.05, 3.63) is 40.1 Å². The van der Waals surface area contributed by atoms with Crippen LogP contribution in [0.5, 0.6) is 0 Å². The summed E-state index contributed by atoms with van der Waals surface area (Å²) in [7, 11) is 2.04. The third kappa shape index (κ3) is 2.71. The molecule has 4 heteroatoms. The van der Waals surface area contributed by atoms with Gasteiger partial charge in [0.2, 0.25) is 0 Å². The van der Waals surface area contributed by atoms with Crippen LogP contribution in [-0.4, -0.2) is 9.55 Å². The number of aromatic nitrogens is 2. The SMILES string of the molecule is Cc1ncc(C(C)NCc2ccn(C)c2)s1. The Kier molecular flexibility index (Phi) is 3.41. The zero-order valence-electron chi connectivity index (χ0n) is 9.90. The summed E-state index contributed by atoms with van der Waals surface area (Å²) in [5.74, 6) is 0. The van der Waals surface area contributed by atoms with E-state index in [-0.39, 0.29) is 0 Å². The van der Waals surface area contributed by atoms with Crippen molar-refractivity contribution in [1.29, 1.82) is 0 Å². The molecule has 3 nitrogen and oxygen atoms in total. The molecule has 0 radical (unpaired) electrons. The first-order chi connectivity index (χ1) is 7.65. The molecule has 0 saturated carbocycles. The van der Waals surface area contributed by atoms with Crippen LogP contribution in [-0.2, 0) is 13.6 Å². The van der Waals surface area contributed by atoms with Gasteiger partial charge in [-0.1, -0.05) is 0 Å². The van der Waals surface area contributed by atoms with Gasteiger partial charge in [0.15, 0.2) is 0 Å². The van der Waals surface area contributed by atoms with Crippen molar-refractivity contribution in [3.8, 4) is 0 Å².